The Balaban J connectivity index is 2.30. The monoisotopic (exact) mass is 248 g/mol. The number of benzene rings is 1. The third kappa shape index (κ3) is 2.54. The second-order valence-electron chi connectivity index (χ2n) is 3.47. The molecule has 0 amide bonds. The summed E-state index contributed by atoms with van der Waals surface area (Å²) in [6, 6.07) is 6.62. The molecule has 0 radical (unpaired) electrons. The summed E-state index contributed by atoms with van der Waals surface area (Å²) in [5.41, 5.74) is 5.37. The van der Waals surface area contributed by atoms with Crippen LogP contribution >= 0.6 is 0 Å². The number of rotatable bonds is 3. The highest BCUT2D eigenvalue weighted by atomic mass is 19.1. The number of nitrogens with zero attached hydrogens (tertiary/aromatic N) is 1. The lowest BCUT2D eigenvalue weighted by Crippen LogP contribution is -2.03. The maximum absolute atomic E-state index is 12.9. The highest BCUT2D eigenvalue weighted by molar-refractivity contribution is 5.93. The number of carboxylic acid groups (broad SMARTS) is 1. The van der Waals surface area contributed by atoms with Crippen molar-refractivity contribution in [1.29, 1.82) is 0 Å². The van der Waals surface area contributed by atoms with E-state index in [1.807, 2.05) is 0 Å². The van der Waals surface area contributed by atoms with Crippen molar-refractivity contribution in [3.05, 3.63) is 47.9 Å². The van der Waals surface area contributed by atoms with Crippen molar-refractivity contribution in [1.82, 2.24) is 4.98 Å². The Bertz CT molecular complexity index is 602. The number of pyridine rings is 1. The summed E-state index contributed by atoms with van der Waals surface area (Å²) < 4.78 is 18.2. The second-order valence-corrected chi connectivity index (χ2v) is 3.47. The molecule has 2 rings (SSSR count). The molecule has 0 aliphatic carbocycles. The first-order valence-electron chi connectivity index (χ1n) is 4.98. The zero-order chi connectivity index (χ0) is 13.1. The van der Waals surface area contributed by atoms with Gasteiger partial charge in [0.15, 0.2) is 0 Å². The average molecular weight is 248 g/mol. The zero-order valence-corrected chi connectivity index (χ0v) is 9.13. The lowest BCUT2D eigenvalue weighted by Gasteiger charge is -2.06. The van der Waals surface area contributed by atoms with E-state index in [2.05, 4.69) is 4.98 Å². The van der Waals surface area contributed by atoms with Gasteiger partial charge in [0.25, 0.3) is 0 Å². The molecule has 0 fully saturated rings. The zero-order valence-electron chi connectivity index (χ0n) is 9.13. The average Bonchev–Trinajstić information content (AvgIpc) is 2.31. The molecule has 1 aromatic carbocycles. The Hall–Kier alpha value is -2.63. The molecular formula is C12H9FN2O3. The van der Waals surface area contributed by atoms with Crippen LogP contribution in [-0.2, 0) is 0 Å². The smallest absolute Gasteiger partial charge is 0.338 e. The van der Waals surface area contributed by atoms with Gasteiger partial charge in [-0.25, -0.2) is 14.2 Å². The fourth-order valence-electron chi connectivity index (χ4n) is 1.34. The minimum atomic E-state index is -1.18. The Kier molecular flexibility index (Phi) is 3.09. The van der Waals surface area contributed by atoms with Gasteiger partial charge in [-0.1, -0.05) is 6.07 Å². The van der Waals surface area contributed by atoms with Crippen LogP contribution in [0.15, 0.2) is 36.5 Å². The van der Waals surface area contributed by atoms with Gasteiger partial charge in [0.05, 0.1) is 17.4 Å². The number of halogens is 1. The number of carboxylic acids is 1. The quantitative estimate of drug-likeness (QED) is 0.870. The van der Waals surface area contributed by atoms with Crippen LogP contribution < -0.4 is 10.5 Å². The van der Waals surface area contributed by atoms with E-state index in [0.717, 1.165) is 0 Å². The number of anilines is 1. The first-order valence-corrected chi connectivity index (χ1v) is 4.98. The predicted octanol–water partition coefficient (Wildman–Crippen LogP) is 2.29. The number of aromatic carboxylic acids is 1. The highest BCUT2D eigenvalue weighted by Crippen LogP contribution is 2.23. The van der Waals surface area contributed by atoms with E-state index in [9.17, 15) is 9.18 Å². The van der Waals surface area contributed by atoms with Gasteiger partial charge < -0.3 is 15.6 Å². The van der Waals surface area contributed by atoms with Gasteiger partial charge in [0.1, 0.15) is 11.6 Å². The third-order valence-electron chi connectivity index (χ3n) is 2.16. The molecule has 2 aromatic rings. The van der Waals surface area contributed by atoms with Gasteiger partial charge in [-0.3, -0.25) is 0 Å². The summed E-state index contributed by atoms with van der Waals surface area (Å²) in [6.45, 7) is 0. The number of hydrogen-bond donors (Lipinski definition) is 2. The Morgan fingerprint density at radius 2 is 2.17 bits per heavy atom. The molecule has 0 saturated heterocycles. The molecule has 0 saturated carbocycles. The van der Waals surface area contributed by atoms with E-state index >= 15 is 0 Å². The molecular weight excluding hydrogens is 239 g/mol. The molecule has 0 bridgehead atoms. The van der Waals surface area contributed by atoms with Crippen molar-refractivity contribution in [2.75, 3.05) is 5.73 Å². The summed E-state index contributed by atoms with van der Waals surface area (Å²) in [5.74, 6) is -1.38. The van der Waals surface area contributed by atoms with Crippen LogP contribution in [0.5, 0.6) is 11.6 Å². The van der Waals surface area contributed by atoms with Crippen molar-refractivity contribution >= 4 is 11.7 Å². The van der Waals surface area contributed by atoms with Crippen molar-refractivity contribution in [2.45, 2.75) is 0 Å². The van der Waals surface area contributed by atoms with E-state index in [4.69, 9.17) is 15.6 Å². The summed E-state index contributed by atoms with van der Waals surface area (Å²) >= 11 is 0. The van der Waals surface area contributed by atoms with Gasteiger partial charge in [-0.15, -0.1) is 0 Å². The minimum absolute atomic E-state index is 0.0344. The standard InChI is InChI=1S/C12H9FN2O3/c13-7-2-1-3-8(4-7)18-11-5-9(12(16)17)10(14)6-15-11/h1-6H,14H2,(H,16,17). The fraction of sp³-hybridized carbons (Fsp3) is 0. The number of hydrogen-bond acceptors (Lipinski definition) is 4. The number of nitrogens with two attached hydrogens (primary N) is 1. The fourth-order valence-corrected chi connectivity index (χ4v) is 1.34. The van der Waals surface area contributed by atoms with Gasteiger partial charge >= 0.3 is 5.97 Å². The van der Waals surface area contributed by atoms with Crippen LogP contribution in [0, 0.1) is 5.82 Å². The molecule has 0 aliphatic rings. The largest absolute Gasteiger partial charge is 0.478 e. The van der Waals surface area contributed by atoms with E-state index in [1.165, 1.54) is 36.5 Å². The van der Waals surface area contributed by atoms with Gasteiger partial charge in [-0.05, 0) is 12.1 Å². The first kappa shape index (κ1) is 11.8. The van der Waals surface area contributed by atoms with Gasteiger partial charge in [0, 0.05) is 12.1 Å². The minimum Gasteiger partial charge on any atom is -0.478 e. The van der Waals surface area contributed by atoms with Crippen LogP contribution in [0.1, 0.15) is 10.4 Å². The summed E-state index contributed by atoms with van der Waals surface area (Å²) in [4.78, 5) is 14.7. The number of aromatic nitrogens is 1. The topological polar surface area (TPSA) is 85.4 Å². The SMILES string of the molecule is Nc1cnc(Oc2cccc(F)c2)cc1C(=O)O. The van der Waals surface area contributed by atoms with E-state index in [0.29, 0.717) is 0 Å². The normalized spacial score (nSPS) is 10.1. The summed E-state index contributed by atoms with van der Waals surface area (Å²) in [5, 5.41) is 8.88. The van der Waals surface area contributed by atoms with Crippen LogP contribution in [0.25, 0.3) is 0 Å². The summed E-state index contributed by atoms with van der Waals surface area (Å²) in [7, 11) is 0. The summed E-state index contributed by atoms with van der Waals surface area (Å²) in [6.07, 6.45) is 1.18. The molecule has 5 nitrogen and oxygen atoms in total. The van der Waals surface area contributed by atoms with Crippen LogP contribution in [0.2, 0.25) is 0 Å². The van der Waals surface area contributed by atoms with E-state index < -0.39 is 11.8 Å². The maximum Gasteiger partial charge on any atom is 0.338 e. The van der Waals surface area contributed by atoms with Gasteiger partial charge in [0.2, 0.25) is 5.88 Å². The first-order chi connectivity index (χ1) is 8.56. The van der Waals surface area contributed by atoms with Gasteiger partial charge in [-0.2, -0.15) is 0 Å². The van der Waals surface area contributed by atoms with Crippen LogP contribution in [-0.4, -0.2) is 16.1 Å². The second kappa shape index (κ2) is 4.70. The van der Waals surface area contributed by atoms with Crippen molar-refractivity contribution < 1.29 is 19.0 Å². The Labute approximate surface area is 102 Å². The molecule has 0 spiro atoms. The number of carbonyl (C=O) groups is 1. The third-order valence-corrected chi connectivity index (χ3v) is 2.16. The molecule has 0 unspecified atom stereocenters. The van der Waals surface area contributed by atoms with E-state index in [-0.39, 0.29) is 22.9 Å². The maximum atomic E-state index is 12.9. The molecule has 0 aliphatic heterocycles. The molecule has 3 N–H and O–H groups in total. The molecule has 1 aromatic heterocycles. The molecule has 1 heterocycles. The molecule has 0 atom stereocenters. The number of nitrogen functional groups attached to an aromatic ring is 1. The van der Waals surface area contributed by atoms with Crippen molar-refractivity contribution in [2.24, 2.45) is 0 Å². The van der Waals surface area contributed by atoms with Crippen LogP contribution in [0.3, 0.4) is 0 Å². The number of ether oxygens (including phenoxy) is 1. The molecule has 92 valence electrons. The molecule has 6 heteroatoms. The van der Waals surface area contributed by atoms with Crippen LogP contribution in [0.4, 0.5) is 10.1 Å². The Morgan fingerprint density at radius 3 is 2.83 bits per heavy atom. The van der Waals surface area contributed by atoms with E-state index in [1.54, 1.807) is 0 Å². The van der Waals surface area contributed by atoms with Crippen molar-refractivity contribution in [3.63, 3.8) is 0 Å². The highest BCUT2D eigenvalue weighted by Gasteiger charge is 2.10. The predicted molar refractivity (Wildman–Crippen MR) is 62.1 cm³/mol. The molecule has 18 heavy (non-hydrogen) atoms. The lowest BCUT2D eigenvalue weighted by atomic mass is 10.2. The Morgan fingerprint density at radius 1 is 1.39 bits per heavy atom. The van der Waals surface area contributed by atoms with Crippen molar-refractivity contribution in [3.8, 4) is 11.6 Å². The lowest BCUT2D eigenvalue weighted by molar-refractivity contribution is 0.0697.